The topological polar surface area (TPSA) is 111 Å². The summed E-state index contributed by atoms with van der Waals surface area (Å²) in [6, 6.07) is 5.07. The van der Waals surface area contributed by atoms with Crippen molar-refractivity contribution in [2.45, 2.75) is 0 Å². The SMILES string of the molecule is N=N/C(=C\[NH2+]c1ccc(N2CCSCC2)c(F)c1)CNC(=O)c1cnccn1. The van der Waals surface area contributed by atoms with E-state index in [1.807, 2.05) is 17.8 Å². The molecule has 1 aliphatic heterocycles. The van der Waals surface area contributed by atoms with E-state index in [2.05, 4.69) is 25.3 Å². The monoisotopic (exact) mass is 402 g/mol. The lowest BCUT2D eigenvalue weighted by atomic mass is 10.2. The van der Waals surface area contributed by atoms with Gasteiger partial charge >= 0.3 is 0 Å². The van der Waals surface area contributed by atoms with Gasteiger partial charge in [0, 0.05) is 49.1 Å². The van der Waals surface area contributed by atoms with Gasteiger partial charge in [0.25, 0.3) is 5.91 Å². The summed E-state index contributed by atoms with van der Waals surface area (Å²) < 4.78 is 14.5. The standard InChI is InChI=1S/C18H20FN7OS/c19-15-9-13(1-2-17(15)26-5-7-28-8-6-26)23-10-14(25-20)11-24-18(27)16-12-21-3-4-22-16/h1-4,9-10,12,20,23H,5-8,11H2,(H,24,27)/p+1/b14-10-,25-20?. The van der Waals surface area contributed by atoms with Crippen LogP contribution in [-0.4, -0.2) is 47.0 Å². The normalized spacial score (nSPS) is 14.6. The Bertz CT molecular complexity index is 856. The summed E-state index contributed by atoms with van der Waals surface area (Å²) in [6.45, 7) is 1.75. The van der Waals surface area contributed by atoms with E-state index in [0.717, 1.165) is 24.6 Å². The van der Waals surface area contributed by atoms with Gasteiger partial charge in [-0.2, -0.15) is 16.9 Å². The number of quaternary nitrogens is 1. The molecule has 4 N–H and O–H groups in total. The third-order valence-electron chi connectivity index (χ3n) is 4.16. The Kier molecular flexibility index (Phi) is 7.04. The molecule has 2 heterocycles. The number of nitrogens with two attached hydrogens (primary N) is 1. The van der Waals surface area contributed by atoms with Crippen LogP contribution in [0.1, 0.15) is 10.5 Å². The fourth-order valence-corrected chi connectivity index (χ4v) is 3.60. The maximum atomic E-state index is 14.5. The van der Waals surface area contributed by atoms with Gasteiger partial charge in [0.2, 0.25) is 0 Å². The molecule has 2 aromatic rings. The highest BCUT2D eigenvalue weighted by Gasteiger charge is 2.16. The predicted molar refractivity (Wildman–Crippen MR) is 105 cm³/mol. The zero-order chi connectivity index (χ0) is 19.8. The maximum Gasteiger partial charge on any atom is 0.271 e. The summed E-state index contributed by atoms with van der Waals surface area (Å²) >= 11 is 1.88. The molecule has 1 aromatic carbocycles. The number of carbonyl (C=O) groups excluding carboxylic acids is 1. The van der Waals surface area contributed by atoms with Crippen LogP contribution in [0.15, 0.2) is 53.8 Å². The van der Waals surface area contributed by atoms with Crippen LogP contribution in [0.2, 0.25) is 0 Å². The Hall–Kier alpha value is -2.85. The van der Waals surface area contributed by atoms with Gasteiger partial charge in [-0.05, 0) is 6.07 Å². The number of nitrogens with zero attached hydrogens (tertiary/aromatic N) is 4. The molecule has 0 radical (unpaired) electrons. The van der Waals surface area contributed by atoms with Crippen molar-refractivity contribution in [2.24, 2.45) is 5.11 Å². The van der Waals surface area contributed by atoms with Crippen molar-refractivity contribution in [3.05, 3.63) is 60.2 Å². The summed E-state index contributed by atoms with van der Waals surface area (Å²) in [7, 11) is 0. The van der Waals surface area contributed by atoms with Crippen molar-refractivity contribution in [2.75, 3.05) is 36.0 Å². The van der Waals surface area contributed by atoms with Gasteiger partial charge in [-0.25, -0.2) is 14.9 Å². The van der Waals surface area contributed by atoms with Crippen LogP contribution in [0, 0.1) is 11.3 Å². The average molecular weight is 402 g/mol. The van der Waals surface area contributed by atoms with Crippen LogP contribution < -0.4 is 15.5 Å². The lowest BCUT2D eigenvalue weighted by molar-refractivity contribution is -0.497. The highest BCUT2D eigenvalue weighted by atomic mass is 32.2. The molecule has 0 unspecified atom stereocenters. The first-order chi connectivity index (χ1) is 13.7. The molecule has 1 amide bonds. The maximum absolute atomic E-state index is 14.5. The van der Waals surface area contributed by atoms with Crippen LogP contribution in [0.3, 0.4) is 0 Å². The van der Waals surface area contributed by atoms with Crippen molar-refractivity contribution >= 4 is 29.0 Å². The Balaban J connectivity index is 1.58. The van der Waals surface area contributed by atoms with E-state index < -0.39 is 5.91 Å². The molecule has 8 nitrogen and oxygen atoms in total. The quantitative estimate of drug-likeness (QED) is 0.482. The molecule has 0 aliphatic carbocycles. The summed E-state index contributed by atoms with van der Waals surface area (Å²) in [5.41, 5.74) is 9.05. The predicted octanol–water partition coefficient (Wildman–Crippen LogP) is 1.67. The molecule has 1 aliphatic rings. The third kappa shape index (κ3) is 5.33. The number of hydrogen-bond acceptors (Lipinski definition) is 7. The smallest absolute Gasteiger partial charge is 0.271 e. The number of benzene rings is 1. The molecule has 1 fully saturated rings. The molecule has 0 bridgehead atoms. The molecular weight excluding hydrogens is 381 g/mol. The zero-order valence-corrected chi connectivity index (χ0v) is 16.0. The van der Waals surface area contributed by atoms with Gasteiger partial charge in [0.1, 0.15) is 23.3 Å². The molecule has 10 heteroatoms. The molecule has 0 spiro atoms. The summed E-state index contributed by atoms with van der Waals surface area (Å²) in [6.07, 6.45) is 5.84. The number of anilines is 1. The number of hydrogen-bond donors (Lipinski definition) is 3. The highest BCUT2D eigenvalue weighted by Crippen LogP contribution is 2.24. The van der Waals surface area contributed by atoms with Crippen molar-refractivity contribution in [3.63, 3.8) is 0 Å². The number of thioether (sulfide) groups is 1. The number of carbonyl (C=O) groups is 1. The number of aromatic nitrogens is 2. The first-order valence-electron chi connectivity index (χ1n) is 8.75. The second kappa shape index (κ2) is 9.90. The van der Waals surface area contributed by atoms with Crippen LogP contribution in [-0.2, 0) is 0 Å². The molecule has 28 heavy (non-hydrogen) atoms. The summed E-state index contributed by atoms with van der Waals surface area (Å²) in [5.74, 6) is 1.34. The second-order valence-electron chi connectivity index (χ2n) is 6.02. The fourth-order valence-electron chi connectivity index (χ4n) is 2.69. The second-order valence-corrected chi connectivity index (χ2v) is 7.24. The van der Waals surface area contributed by atoms with Crippen LogP contribution in [0.25, 0.3) is 0 Å². The Labute approximate surface area is 166 Å². The minimum Gasteiger partial charge on any atom is -0.368 e. The van der Waals surface area contributed by atoms with E-state index in [4.69, 9.17) is 5.53 Å². The number of halogens is 1. The Morgan fingerprint density at radius 2 is 2.21 bits per heavy atom. The molecule has 146 valence electrons. The highest BCUT2D eigenvalue weighted by molar-refractivity contribution is 7.99. The third-order valence-corrected chi connectivity index (χ3v) is 5.10. The average Bonchev–Trinajstić information content (AvgIpc) is 2.75. The molecular formula is C18H21FN7OS+. The fraction of sp³-hybridized carbons (Fsp3) is 0.278. The summed E-state index contributed by atoms with van der Waals surface area (Å²) in [5, 5.41) is 7.70. The number of nitrogens with one attached hydrogen (secondary N) is 2. The first kappa shape index (κ1) is 19.9. The molecule has 0 atom stereocenters. The molecule has 3 rings (SSSR count). The van der Waals surface area contributed by atoms with E-state index in [9.17, 15) is 9.18 Å². The van der Waals surface area contributed by atoms with Gasteiger partial charge in [0.15, 0.2) is 5.82 Å². The lowest BCUT2D eigenvalue weighted by Gasteiger charge is -2.28. The van der Waals surface area contributed by atoms with Gasteiger partial charge in [-0.1, -0.05) is 0 Å². The minimum atomic E-state index is -0.405. The molecule has 0 saturated carbocycles. The van der Waals surface area contributed by atoms with Crippen molar-refractivity contribution < 1.29 is 14.5 Å². The van der Waals surface area contributed by atoms with E-state index >= 15 is 0 Å². The number of rotatable bonds is 7. The van der Waals surface area contributed by atoms with Crippen molar-refractivity contribution in [1.82, 2.24) is 15.3 Å². The van der Waals surface area contributed by atoms with Gasteiger partial charge in [-0.3, -0.25) is 15.1 Å². The lowest BCUT2D eigenvalue weighted by Crippen LogP contribution is -2.71. The van der Waals surface area contributed by atoms with Crippen molar-refractivity contribution in [3.8, 4) is 0 Å². The van der Waals surface area contributed by atoms with Crippen molar-refractivity contribution in [1.29, 1.82) is 5.53 Å². The Morgan fingerprint density at radius 1 is 1.39 bits per heavy atom. The Morgan fingerprint density at radius 3 is 2.89 bits per heavy atom. The van der Waals surface area contributed by atoms with Crippen LogP contribution in [0.4, 0.5) is 15.8 Å². The van der Waals surface area contributed by atoms with Crippen LogP contribution in [0.5, 0.6) is 0 Å². The minimum absolute atomic E-state index is 0.0570. The van der Waals surface area contributed by atoms with Gasteiger partial charge in [-0.15, -0.1) is 0 Å². The van der Waals surface area contributed by atoms with Crippen LogP contribution >= 0.6 is 11.8 Å². The molecule has 1 saturated heterocycles. The van der Waals surface area contributed by atoms with Gasteiger partial charge in [0.05, 0.1) is 18.4 Å². The van der Waals surface area contributed by atoms with E-state index in [-0.39, 0.29) is 18.1 Å². The molecule has 1 aromatic heterocycles. The van der Waals surface area contributed by atoms with E-state index in [1.165, 1.54) is 24.7 Å². The first-order valence-corrected chi connectivity index (χ1v) is 9.90. The number of amides is 1. The zero-order valence-electron chi connectivity index (χ0n) is 15.1. The van der Waals surface area contributed by atoms with Gasteiger partial charge < -0.3 is 10.2 Å². The van der Waals surface area contributed by atoms with E-state index in [1.54, 1.807) is 17.6 Å². The van der Waals surface area contributed by atoms with E-state index in [0.29, 0.717) is 17.1 Å². The largest absolute Gasteiger partial charge is 0.368 e. The summed E-state index contributed by atoms with van der Waals surface area (Å²) in [4.78, 5) is 21.8.